The van der Waals surface area contributed by atoms with E-state index in [4.69, 9.17) is 21.6 Å². The van der Waals surface area contributed by atoms with Crippen LogP contribution in [0.3, 0.4) is 0 Å². The first-order valence-corrected chi connectivity index (χ1v) is 10.8. The van der Waals surface area contributed by atoms with E-state index in [1.54, 1.807) is 36.5 Å². The maximum Gasteiger partial charge on any atom is 0.276 e. The van der Waals surface area contributed by atoms with Crippen molar-refractivity contribution in [1.29, 1.82) is 0 Å². The van der Waals surface area contributed by atoms with Gasteiger partial charge in [0.25, 0.3) is 5.69 Å². The molecule has 0 bridgehead atoms. The van der Waals surface area contributed by atoms with E-state index in [-0.39, 0.29) is 22.6 Å². The van der Waals surface area contributed by atoms with Gasteiger partial charge in [-0.15, -0.1) is 0 Å². The molecule has 0 spiro atoms. The first-order valence-electron chi connectivity index (χ1n) is 10.4. The summed E-state index contributed by atoms with van der Waals surface area (Å²) in [4.78, 5) is 13.0. The van der Waals surface area contributed by atoms with Gasteiger partial charge in [0.05, 0.1) is 33.7 Å². The van der Waals surface area contributed by atoms with Crippen molar-refractivity contribution in [1.82, 2.24) is 9.97 Å². The van der Waals surface area contributed by atoms with Gasteiger partial charge in [-0.3, -0.25) is 15.5 Å². The molecule has 5 rings (SSSR count). The summed E-state index contributed by atoms with van der Waals surface area (Å²) in [5.41, 5.74) is 3.63. The molecule has 0 saturated heterocycles. The molecule has 0 radical (unpaired) electrons. The third-order valence-electron chi connectivity index (χ3n) is 6.08. The molecule has 1 aliphatic carbocycles. The Morgan fingerprint density at radius 2 is 1.94 bits per heavy atom. The van der Waals surface area contributed by atoms with Crippen molar-refractivity contribution in [3.8, 4) is 22.4 Å². The number of fused-ring (bicyclic) bond motifs is 1. The molecule has 4 N–H and O–H groups in total. The normalized spacial score (nSPS) is 17.0. The number of aromatic amines is 1. The zero-order chi connectivity index (χ0) is 24.0. The van der Waals surface area contributed by atoms with Crippen molar-refractivity contribution in [3.63, 3.8) is 0 Å². The topological polar surface area (TPSA) is 94.3 Å². The molecule has 0 aliphatic heterocycles. The zero-order valence-corrected chi connectivity index (χ0v) is 18.7. The Kier molecular flexibility index (Phi) is 5.47. The molecule has 0 amide bonds. The average Bonchev–Trinajstić information content (AvgIpc) is 3.48. The maximum atomic E-state index is 14.7. The van der Waals surface area contributed by atoms with Gasteiger partial charge < -0.3 is 10.1 Å². The van der Waals surface area contributed by atoms with Gasteiger partial charge in [-0.25, -0.2) is 13.8 Å². The van der Waals surface area contributed by atoms with E-state index in [1.807, 2.05) is 0 Å². The minimum Gasteiger partial charge on any atom is -0.372 e. The fourth-order valence-electron chi connectivity index (χ4n) is 4.40. The SMILES string of the molecule is CO[n+]1cc(-c2c(F)ccc(Cl)c2F)cc2c1C(O)(c1ncc(-c3ccc(NO)cc3)[nH]1)CC2. The highest BCUT2D eigenvalue weighted by Crippen LogP contribution is 2.41. The quantitative estimate of drug-likeness (QED) is 0.195. The van der Waals surface area contributed by atoms with Crippen molar-refractivity contribution in [3.05, 3.63) is 88.6 Å². The Morgan fingerprint density at radius 1 is 1.18 bits per heavy atom. The Bertz CT molecular complexity index is 1390. The van der Waals surface area contributed by atoms with E-state index in [1.165, 1.54) is 18.0 Å². The molecule has 1 atom stereocenters. The summed E-state index contributed by atoms with van der Waals surface area (Å²) in [6, 6.07) is 10.9. The first kappa shape index (κ1) is 22.3. The van der Waals surface area contributed by atoms with Gasteiger partial charge in [-0.1, -0.05) is 23.7 Å². The lowest BCUT2D eigenvalue weighted by Crippen LogP contribution is -2.50. The summed E-state index contributed by atoms with van der Waals surface area (Å²) in [5.74, 6) is -1.31. The number of anilines is 1. The van der Waals surface area contributed by atoms with Crippen LogP contribution < -0.4 is 15.0 Å². The molecule has 2 aromatic carbocycles. The number of aliphatic hydroxyl groups is 1. The number of imidazole rings is 1. The van der Waals surface area contributed by atoms with Crippen molar-refractivity contribution in [2.75, 3.05) is 12.6 Å². The lowest BCUT2D eigenvalue weighted by molar-refractivity contribution is -0.893. The molecule has 0 saturated carbocycles. The van der Waals surface area contributed by atoms with Crippen LogP contribution in [0.2, 0.25) is 5.02 Å². The minimum absolute atomic E-state index is 0.191. The molecule has 0 fully saturated rings. The van der Waals surface area contributed by atoms with E-state index in [0.717, 1.165) is 17.7 Å². The number of hydrogen-bond acceptors (Lipinski definition) is 5. The number of rotatable bonds is 5. The standard InChI is InChI=1S/C24H20ClF2N4O3/c1-34-31-12-15(20-18(26)7-6-17(25)21(20)27)10-14-8-9-24(32,22(14)31)23-28-11-19(29-23)13-2-4-16(30-33)5-3-13/h2-7,10-12,30,32-33H,8-9H2,1H3,(H,28,29)/q+1. The van der Waals surface area contributed by atoms with E-state index in [2.05, 4.69) is 15.4 Å². The molecular weight excluding hydrogens is 466 g/mol. The number of nitrogens with zero attached hydrogens (tertiary/aromatic N) is 2. The molecule has 7 nitrogen and oxygen atoms in total. The summed E-state index contributed by atoms with van der Waals surface area (Å²) < 4.78 is 30.5. The Hall–Kier alpha value is -3.53. The van der Waals surface area contributed by atoms with Crippen LogP contribution in [-0.4, -0.2) is 27.4 Å². The zero-order valence-electron chi connectivity index (χ0n) is 17.9. The fourth-order valence-corrected chi connectivity index (χ4v) is 4.56. The molecular formula is C24H20ClF2N4O3+. The Morgan fingerprint density at radius 3 is 2.65 bits per heavy atom. The average molecular weight is 486 g/mol. The third kappa shape index (κ3) is 3.49. The number of pyridine rings is 1. The second-order valence-electron chi connectivity index (χ2n) is 8.02. The van der Waals surface area contributed by atoms with Gasteiger partial charge in [0.15, 0.2) is 5.82 Å². The number of benzene rings is 2. The number of hydrogen-bond donors (Lipinski definition) is 4. The highest BCUT2D eigenvalue weighted by atomic mass is 35.5. The molecule has 2 aromatic heterocycles. The highest BCUT2D eigenvalue weighted by molar-refractivity contribution is 6.31. The van der Waals surface area contributed by atoms with Crippen LogP contribution in [0.25, 0.3) is 22.4 Å². The molecule has 2 heterocycles. The van der Waals surface area contributed by atoms with E-state index < -0.39 is 17.2 Å². The highest BCUT2D eigenvalue weighted by Gasteiger charge is 2.50. The molecule has 10 heteroatoms. The third-order valence-corrected chi connectivity index (χ3v) is 6.37. The van der Waals surface area contributed by atoms with E-state index in [0.29, 0.717) is 34.9 Å². The Balaban J connectivity index is 1.58. The lowest BCUT2D eigenvalue weighted by atomic mass is 9.98. The summed E-state index contributed by atoms with van der Waals surface area (Å²) in [6.45, 7) is 0. The first-order chi connectivity index (χ1) is 16.4. The molecule has 1 aliphatic rings. The molecule has 34 heavy (non-hydrogen) atoms. The second kappa shape index (κ2) is 8.35. The van der Waals surface area contributed by atoms with Crippen LogP contribution in [-0.2, 0) is 12.0 Å². The molecule has 174 valence electrons. The van der Waals surface area contributed by atoms with Crippen LogP contribution in [0.5, 0.6) is 0 Å². The van der Waals surface area contributed by atoms with Crippen molar-refractivity contribution in [2.45, 2.75) is 18.4 Å². The minimum atomic E-state index is -1.51. The van der Waals surface area contributed by atoms with Crippen LogP contribution in [0.1, 0.15) is 23.5 Å². The van der Waals surface area contributed by atoms with Gasteiger partial charge in [0, 0.05) is 10.3 Å². The van der Waals surface area contributed by atoms with Crippen LogP contribution in [0.15, 0.2) is 54.9 Å². The van der Waals surface area contributed by atoms with Crippen LogP contribution in [0, 0.1) is 11.6 Å². The number of H-pyrrole nitrogens is 1. The largest absolute Gasteiger partial charge is 0.372 e. The molecule has 1 unspecified atom stereocenters. The van der Waals surface area contributed by atoms with Gasteiger partial charge in [0.2, 0.25) is 11.8 Å². The van der Waals surface area contributed by atoms with Gasteiger partial charge in [-0.05, 0) is 48.7 Å². The maximum absolute atomic E-state index is 14.7. The predicted molar refractivity (Wildman–Crippen MR) is 120 cm³/mol. The summed E-state index contributed by atoms with van der Waals surface area (Å²) >= 11 is 5.87. The van der Waals surface area contributed by atoms with E-state index in [9.17, 15) is 13.9 Å². The lowest BCUT2D eigenvalue weighted by Gasteiger charge is -2.18. The van der Waals surface area contributed by atoms with Crippen LogP contribution in [0.4, 0.5) is 14.5 Å². The van der Waals surface area contributed by atoms with Crippen molar-refractivity contribution >= 4 is 17.3 Å². The van der Waals surface area contributed by atoms with Gasteiger partial charge >= 0.3 is 0 Å². The summed E-state index contributed by atoms with van der Waals surface area (Å²) in [5, 5.41) is 20.5. The number of nitrogens with one attached hydrogen (secondary N) is 2. The molecule has 4 aromatic rings. The van der Waals surface area contributed by atoms with Gasteiger partial charge in [-0.2, -0.15) is 0 Å². The summed E-state index contributed by atoms with van der Waals surface area (Å²) in [7, 11) is 1.40. The Labute approximate surface area is 198 Å². The number of aromatic nitrogens is 3. The summed E-state index contributed by atoms with van der Waals surface area (Å²) in [6.07, 6.45) is 3.74. The van der Waals surface area contributed by atoms with E-state index >= 15 is 0 Å². The second-order valence-corrected chi connectivity index (χ2v) is 8.43. The van der Waals surface area contributed by atoms with Crippen molar-refractivity contribution in [2.24, 2.45) is 0 Å². The predicted octanol–water partition coefficient (Wildman–Crippen LogP) is 4.00. The van der Waals surface area contributed by atoms with Gasteiger partial charge in [0.1, 0.15) is 18.8 Å². The number of halogens is 3. The van der Waals surface area contributed by atoms with Crippen molar-refractivity contribution < 1.29 is 28.7 Å². The van der Waals surface area contributed by atoms with Crippen LogP contribution >= 0.6 is 11.6 Å². The monoisotopic (exact) mass is 485 g/mol. The number of aryl methyl sites for hydroxylation is 1. The fraction of sp³-hybridized carbons (Fsp3) is 0.167. The smallest absolute Gasteiger partial charge is 0.276 e.